The molecular weight excluding hydrogens is 278 g/mol. The lowest BCUT2D eigenvalue weighted by atomic mass is 10.1. The average molecular weight is 294 g/mol. The Balaban J connectivity index is 1.91. The van der Waals surface area contributed by atoms with Crippen LogP contribution in [-0.2, 0) is 26.6 Å². The van der Waals surface area contributed by atoms with Crippen LogP contribution in [0.15, 0.2) is 16.9 Å². The van der Waals surface area contributed by atoms with E-state index < -0.39 is 0 Å². The number of hydrogen-bond donors (Lipinski definition) is 0. The molecule has 0 N–H and O–H groups in total. The minimum Gasteiger partial charge on any atom is -0.299 e. The molecule has 0 spiro atoms. The maximum absolute atomic E-state index is 12.0. The van der Waals surface area contributed by atoms with Gasteiger partial charge >= 0.3 is 0 Å². The molecule has 0 atom stereocenters. The largest absolute Gasteiger partial charge is 0.299 e. The van der Waals surface area contributed by atoms with Crippen molar-refractivity contribution < 1.29 is 0 Å². The molecule has 0 fully saturated rings. The Kier molecular flexibility index (Phi) is 3.35. The van der Waals surface area contributed by atoms with E-state index in [2.05, 4.69) is 28.2 Å². The second-order valence-electron chi connectivity index (χ2n) is 5.19. The molecule has 0 unspecified atom stereocenters. The van der Waals surface area contributed by atoms with Gasteiger partial charge in [-0.25, -0.2) is 4.68 Å². The Morgan fingerprint density at radius 1 is 1.25 bits per heavy atom. The van der Waals surface area contributed by atoms with Crippen LogP contribution < -0.4 is 5.56 Å². The molecule has 0 aromatic carbocycles. The molecule has 0 aliphatic carbocycles. The molecular formula is C13H16ClN5O. The van der Waals surface area contributed by atoms with Gasteiger partial charge in [0.05, 0.1) is 17.9 Å². The lowest BCUT2D eigenvalue weighted by Gasteiger charge is -2.22. The predicted molar refractivity (Wildman–Crippen MR) is 75.9 cm³/mol. The fourth-order valence-electron chi connectivity index (χ4n) is 2.50. The first-order valence-electron chi connectivity index (χ1n) is 6.50. The highest BCUT2D eigenvalue weighted by Crippen LogP contribution is 2.14. The van der Waals surface area contributed by atoms with E-state index in [0.717, 1.165) is 25.3 Å². The summed E-state index contributed by atoms with van der Waals surface area (Å²) in [5.74, 6) is 0. The summed E-state index contributed by atoms with van der Waals surface area (Å²) in [6.07, 6.45) is 0.485. The first-order valence-corrected chi connectivity index (χ1v) is 6.87. The fourth-order valence-corrected chi connectivity index (χ4v) is 2.74. The summed E-state index contributed by atoms with van der Waals surface area (Å²) in [6.45, 7) is 2.78. The molecule has 6 nitrogen and oxygen atoms in total. The van der Waals surface area contributed by atoms with E-state index in [1.165, 1.54) is 10.4 Å². The Morgan fingerprint density at radius 3 is 2.85 bits per heavy atom. The van der Waals surface area contributed by atoms with E-state index in [1.54, 1.807) is 13.1 Å². The summed E-state index contributed by atoms with van der Waals surface area (Å²) in [7, 11) is 3.69. The van der Waals surface area contributed by atoms with Crippen molar-refractivity contribution in [2.75, 3.05) is 13.6 Å². The quantitative estimate of drug-likeness (QED) is 0.816. The lowest BCUT2D eigenvalue weighted by Crippen LogP contribution is -2.30. The van der Waals surface area contributed by atoms with Crippen molar-refractivity contribution in [1.82, 2.24) is 24.5 Å². The summed E-state index contributed by atoms with van der Waals surface area (Å²) in [5, 5.41) is 8.77. The maximum atomic E-state index is 12.0. The Morgan fingerprint density at radius 2 is 2.05 bits per heavy atom. The smallest absolute Gasteiger partial charge is 0.270 e. The first-order chi connectivity index (χ1) is 9.52. The molecule has 1 aliphatic rings. The van der Waals surface area contributed by atoms with Gasteiger partial charge in [-0.05, 0) is 19.2 Å². The average Bonchev–Trinajstić information content (AvgIpc) is 2.76. The second-order valence-corrected chi connectivity index (χ2v) is 5.57. The normalized spacial score (nSPS) is 15.3. The summed E-state index contributed by atoms with van der Waals surface area (Å²) >= 11 is 5.91. The molecule has 0 amide bonds. The van der Waals surface area contributed by atoms with Gasteiger partial charge in [0.25, 0.3) is 5.56 Å². The van der Waals surface area contributed by atoms with Crippen molar-refractivity contribution in [2.24, 2.45) is 7.05 Å². The number of hydrogen-bond acceptors (Lipinski definition) is 4. The topological polar surface area (TPSA) is 56.0 Å². The monoisotopic (exact) mass is 293 g/mol. The standard InChI is InChI=1S/C13H16ClN5O/c1-17-3-4-19-11(8-17)7-10(15-19)5-9-6-12(14)16-18(2)13(9)20/h6-7H,3-5,8H2,1-2H3. The van der Waals surface area contributed by atoms with Crippen molar-refractivity contribution in [2.45, 2.75) is 19.5 Å². The number of aromatic nitrogens is 4. The van der Waals surface area contributed by atoms with Gasteiger partial charge in [-0.1, -0.05) is 11.6 Å². The van der Waals surface area contributed by atoms with Gasteiger partial charge in [-0.2, -0.15) is 10.2 Å². The van der Waals surface area contributed by atoms with Crippen LogP contribution in [0.4, 0.5) is 0 Å². The van der Waals surface area contributed by atoms with Crippen molar-refractivity contribution >= 4 is 11.6 Å². The van der Waals surface area contributed by atoms with Crippen molar-refractivity contribution in [3.8, 4) is 0 Å². The van der Waals surface area contributed by atoms with Gasteiger partial charge in [-0.15, -0.1) is 0 Å². The van der Waals surface area contributed by atoms with Gasteiger partial charge < -0.3 is 0 Å². The third-order valence-electron chi connectivity index (χ3n) is 3.52. The third-order valence-corrected chi connectivity index (χ3v) is 3.70. The van der Waals surface area contributed by atoms with Crippen LogP contribution >= 0.6 is 11.6 Å². The van der Waals surface area contributed by atoms with E-state index in [1.807, 2.05) is 4.68 Å². The van der Waals surface area contributed by atoms with E-state index in [0.29, 0.717) is 17.1 Å². The van der Waals surface area contributed by atoms with Gasteiger partial charge in [0.1, 0.15) is 5.15 Å². The molecule has 7 heteroatoms. The molecule has 3 rings (SSSR count). The zero-order chi connectivity index (χ0) is 14.3. The Labute approximate surface area is 121 Å². The van der Waals surface area contributed by atoms with Gasteiger partial charge in [0.2, 0.25) is 0 Å². The van der Waals surface area contributed by atoms with Crippen LogP contribution in [0.1, 0.15) is 17.0 Å². The Hall–Kier alpha value is -1.66. The van der Waals surface area contributed by atoms with Crippen LogP contribution in [0.3, 0.4) is 0 Å². The molecule has 3 heterocycles. The highest BCUT2D eigenvalue weighted by Gasteiger charge is 2.16. The molecule has 20 heavy (non-hydrogen) atoms. The van der Waals surface area contributed by atoms with Crippen LogP contribution in [0.2, 0.25) is 5.15 Å². The number of aryl methyl sites for hydroxylation is 1. The molecule has 0 radical (unpaired) electrons. The summed E-state index contributed by atoms with van der Waals surface area (Å²) in [4.78, 5) is 14.3. The van der Waals surface area contributed by atoms with Crippen molar-refractivity contribution in [3.05, 3.63) is 44.6 Å². The number of halogens is 1. The molecule has 106 valence electrons. The van der Waals surface area contributed by atoms with Crippen molar-refractivity contribution in [1.29, 1.82) is 0 Å². The van der Waals surface area contributed by atoms with E-state index >= 15 is 0 Å². The SMILES string of the molecule is CN1CCn2nc(Cc3cc(Cl)nn(C)c3=O)cc2C1. The van der Waals surface area contributed by atoms with Crippen LogP contribution in [0.25, 0.3) is 0 Å². The zero-order valence-corrected chi connectivity index (χ0v) is 12.3. The van der Waals surface area contributed by atoms with Gasteiger partial charge in [0, 0.05) is 32.1 Å². The lowest BCUT2D eigenvalue weighted by molar-refractivity contribution is 0.258. The first kappa shape index (κ1) is 13.3. The van der Waals surface area contributed by atoms with Gasteiger partial charge in [0.15, 0.2) is 0 Å². The number of rotatable bonds is 2. The molecule has 0 saturated carbocycles. The molecule has 1 aliphatic heterocycles. The van der Waals surface area contributed by atoms with Crippen LogP contribution in [0, 0.1) is 0 Å². The maximum Gasteiger partial charge on any atom is 0.270 e. The molecule has 2 aromatic heterocycles. The minimum atomic E-state index is -0.127. The number of nitrogens with zero attached hydrogens (tertiary/aromatic N) is 5. The third kappa shape index (κ3) is 2.48. The van der Waals surface area contributed by atoms with Crippen LogP contribution in [0.5, 0.6) is 0 Å². The number of fused-ring (bicyclic) bond motifs is 1. The highest BCUT2D eigenvalue weighted by atomic mass is 35.5. The zero-order valence-electron chi connectivity index (χ0n) is 11.5. The van der Waals surface area contributed by atoms with E-state index in [-0.39, 0.29) is 5.56 Å². The fraction of sp³-hybridized carbons (Fsp3) is 0.462. The van der Waals surface area contributed by atoms with E-state index in [9.17, 15) is 4.79 Å². The minimum absolute atomic E-state index is 0.127. The van der Waals surface area contributed by atoms with Crippen molar-refractivity contribution in [3.63, 3.8) is 0 Å². The molecule has 0 saturated heterocycles. The van der Waals surface area contributed by atoms with Crippen LogP contribution in [-0.4, -0.2) is 38.1 Å². The number of likely N-dealkylation sites (N-methyl/N-ethyl adjacent to an activating group) is 1. The predicted octanol–water partition coefficient (Wildman–Crippen LogP) is 0.666. The summed E-state index contributed by atoms with van der Waals surface area (Å²) < 4.78 is 3.28. The Bertz CT molecular complexity index is 705. The molecule has 0 bridgehead atoms. The summed E-state index contributed by atoms with van der Waals surface area (Å²) in [5.41, 5.74) is 2.58. The highest BCUT2D eigenvalue weighted by molar-refractivity contribution is 6.29. The van der Waals surface area contributed by atoms with E-state index in [4.69, 9.17) is 11.6 Å². The summed E-state index contributed by atoms with van der Waals surface area (Å²) in [6, 6.07) is 3.68. The second kappa shape index (κ2) is 5.03. The van der Waals surface area contributed by atoms with Gasteiger partial charge in [-0.3, -0.25) is 14.4 Å². The molecule has 2 aromatic rings.